The average Bonchev–Trinajstić information content (AvgIpc) is 1.67. The molecule has 48 valence electrons. The molecule has 0 aromatic heterocycles. The molecule has 0 fully saturated rings. The third kappa shape index (κ3) is 6.07. The number of nitrogens with zero attached hydrogens (tertiary/aromatic N) is 1. The Bertz CT molecular complexity index is 87.9. The molecule has 0 heterocycles. The van der Waals surface area contributed by atoms with E-state index in [0.717, 1.165) is 0 Å². The van der Waals surface area contributed by atoms with Gasteiger partial charge >= 0.3 is 29.6 Å². The van der Waals surface area contributed by atoms with Gasteiger partial charge in [-0.25, -0.2) is 0 Å². The smallest absolute Gasteiger partial charge is 0.480 e. The van der Waals surface area contributed by atoms with Crippen LogP contribution in [0.25, 0.3) is 0 Å². The van der Waals surface area contributed by atoms with Crippen molar-refractivity contribution in [3.05, 3.63) is 16.3 Å². The summed E-state index contributed by atoms with van der Waals surface area (Å²) >= 11 is 0. The van der Waals surface area contributed by atoms with Crippen LogP contribution in [0.1, 0.15) is 6.42 Å². The van der Waals surface area contributed by atoms with E-state index in [-0.39, 0.29) is 36.0 Å². The first kappa shape index (κ1) is 11.9. The van der Waals surface area contributed by atoms with Crippen LogP contribution in [-0.2, 0) is 0 Å². The first-order chi connectivity index (χ1) is 3.68. The monoisotopic (exact) mass is 143 g/mol. The normalized spacial score (nSPS) is 7.78. The van der Waals surface area contributed by atoms with Crippen molar-refractivity contribution in [2.45, 2.75) is 6.42 Å². The molecule has 0 saturated heterocycles. The van der Waals surface area contributed by atoms with Gasteiger partial charge in [-0.1, -0.05) is 11.3 Å². The molecular formula is C3H6NNaO4. The van der Waals surface area contributed by atoms with Gasteiger partial charge in [0, 0.05) is 6.61 Å². The molecule has 0 spiro atoms. The van der Waals surface area contributed by atoms with Crippen molar-refractivity contribution in [1.29, 1.82) is 0 Å². The zero-order valence-electron chi connectivity index (χ0n) is 5.07. The standard InChI is InChI=1S/C3H6NO4.Na/c5-2-1-3(6)4(7)8;/h5-6H,1-2H2;/q-1;+1. The molecule has 0 aromatic rings. The second-order valence-corrected chi connectivity index (χ2v) is 1.15. The van der Waals surface area contributed by atoms with E-state index in [1.165, 1.54) is 0 Å². The van der Waals surface area contributed by atoms with Gasteiger partial charge in [-0.2, -0.15) is 0 Å². The van der Waals surface area contributed by atoms with Crippen molar-refractivity contribution in [3.8, 4) is 0 Å². The first-order valence-electron chi connectivity index (χ1n) is 1.98. The Morgan fingerprint density at radius 3 is 2.22 bits per heavy atom. The second-order valence-electron chi connectivity index (χ2n) is 1.15. The van der Waals surface area contributed by atoms with Crippen LogP contribution in [-0.4, -0.2) is 21.7 Å². The Balaban J connectivity index is 0. The molecule has 9 heavy (non-hydrogen) atoms. The summed E-state index contributed by atoms with van der Waals surface area (Å²) in [5.74, 6) is 0. The van der Waals surface area contributed by atoms with Gasteiger partial charge in [-0.15, -0.1) is 0 Å². The molecule has 0 atom stereocenters. The predicted octanol–water partition coefficient (Wildman–Crippen LogP) is -3.49. The van der Waals surface area contributed by atoms with Gasteiger partial charge in [-0.3, -0.25) is 10.1 Å². The Morgan fingerprint density at radius 2 is 2.11 bits per heavy atom. The van der Waals surface area contributed by atoms with Crippen molar-refractivity contribution >= 4 is 0 Å². The number of nitro groups is 1. The van der Waals surface area contributed by atoms with Crippen LogP contribution < -0.4 is 29.6 Å². The Labute approximate surface area is 74.1 Å². The van der Waals surface area contributed by atoms with E-state index < -0.39 is 17.8 Å². The fourth-order valence-electron chi connectivity index (χ4n) is 0.191. The zero-order valence-corrected chi connectivity index (χ0v) is 7.07. The average molecular weight is 143 g/mol. The number of aliphatic hydroxyl groups is 2. The first-order valence-corrected chi connectivity index (χ1v) is 1.98. The molecule has 0 aliphatic carbocycles. The molecule has 0 radical (unpaired) electrons. The minimum absolute atomic E-state index is 0. The summed E-state index contributed by atoms with van der Waals surface area (Å²) in [4.78, 5) is 8.56. The van der Waals surface area contributed by atoms with Gasteiger partial charge < -0.3 is 10.2 Å². The largest absolute Gasteiger partial charge is 1.00 e. The third-order valence-electron chi connectivity index (χ3n) is 0.546. The van der Waals surface area contributed by atoms with Crippen molar-refractivity contribution in [3.63, 3.8) is 0 Å². The Kier molecular flexibility index (Phi) is 8.36. The Hall–Kier alpha value is 0.190. The van der Waals surface area contributed by atoms with Crippen LogP contribution in [0.3, 0.4) is 0 Å². The molecule has 0 unspecified atom stereocenters. The van der Waals surface area contributed by atoms with Crippen LogP contribution in [0.4, 0.5) is 0 Å². The van der Waals surface area contributed by atoms with Gasteiger partial charge in [0.25, 0.3) is 0 Å². The molecule has 6 heteroatoms. The van der Waals surface area contributed by atoms with Gasteiger partial charge in [0.05, 0.1) is 6.23 Å². The van der Waals surface area contributed by atoms with Gasteiger partial charge in [-0.05, 0) is 0 Å². The molecule has 0 amide bonds. The van der Waals surface area contributed by atoms with E-state index >= 15 is 0 Å². The number of rotatable bonds is 3. The quantitative estimate of drug-likeness (QED) is 0.186. The molecule has 0 rings (SSSR count). The van der Waals surface area contributed by atoms with E-state index in [1.54, 1.807) is 0 Å². The molecule has 0 bridgehead atoms. The van der Waals surface area contributed by atoms with E-state index in [0.29, 0.717) is 0 Å². The summed E-state index contributed by atoms with van der Waals surface area (Å²) in [7, 11) is 0. The van der Waals surface area contributed by atoms with Crippen molar-refractivity contribution in [2.75, 3.05) is 6.61 Å². The van der Waals surface area contributed by atoms with E-state index in [2.05, 4.69) is 0 Å². The van der Waals surface area contributed by atoms with Crippen LogP contribution >= 0.6 is 0 Å². The minimum atomic E-state index is -0.934. The molecule has 0 saturated carbocycles. The van der Waals surface area contributed by atoms with Crippen molar-refractivity contribution in [1.82, 2.24) is 0 Å². The SMILES string of the molecule is O=[N+]([O-])[C-](O)CCO.[Na+]. The maximum absolute atomic E-state index is 9.50. The Morgan fingerprint density at radius 1 is 1.67 bits per heavy atom. The molecule has 2 N–H and O–H groups in total. The van der Waals surface area contributed by atoms with Crippen LogP contribution in [0.5, 0.6) is 0 Å². The molecule has 0 aliphatic heterocycles. The molecule has 5 nitrogen and oxygen atoms in total. The maximum atomic E-state index is 9.50. The summed E-state index contributed by atoms with van der Waals surface area (Å²) in [6.07, 6.45) is -1.18. The van der Waals surface area contributed by atoms with Crippen LogP contribution in [0.15, 0.2) is 0 Å². The fraction of sp³-hybridized carbons (Fsp3) is 0.667. The summed E-state index contributed by atoms with van der Waals surface area (Å²) in [5.41, 5.74) is 0. The topological polar surface area (TPSA) is 83.6 Å². The zero-order chi connectivity index (χ0) is 6.57. The summed E-state index contributed by atoms with van der Waals surface area (Å²) in [6.45, 7) is -0.396. The third-order valence-corrected chi connectivity index (χ3v) is 0.546. The summed E-state index contributed by atoms with van der Waals surface area (Å²) in [6, 6.07) is 0. The van der Waals surface area contributed by atoms with Crippen LogP contribution in [0, 0.1) is 16.3 Å². The maximum Gasteiger partial charge on any atom is 1.00 e. The molecular weight excluding hydrogens is 137 g/mol. The predicted molar refractivity (Wildman–Crippen MR) is 23.9 cm³/mol. The second kappa shape index (κ2) is 6.31. The molecule has 0 aliphatic rings. The van der Waals surface area contributed by atoms with Gasteiger partial charge in [0.15, 0.2) is 0 Å². The number of aliphatic hydroxyl groups excluding tert-OH is 2. The van der Waals surface area contributed by atoms with E-state index in [1.807, 2.05) is 0 Å². The minimum Gasteiger partial charge on any atom is -0.480 e. The van der Waals surface area contributed by atoms with E-state index in [9.17, 15) is 10.1 Å². The van der Waals surface area contributed by atoms with Gasteiger partial charge in [0.1, 0.15) is 0 Å². The molecule has 0 aromatic carbocycles. The van der Waals surface area contributed by atoms with Gasteiger partial charge in [0.2, 0.25) is 0 Å². The van der Waals surface area contributed by atoms with Crippen LogP contribution in [0.2, 0.25) is 0 Å². The summed E-state index contributed by atoms with van der Waals surface area (Å²) in [5, 5.41) is 25.7. The number of hydrogen-bond acceptors (Lipinski definition) is 4. The number of hydrogen-bond donors (Lipinski definition) is 2. The van der Waals surface area contributed by atoms with Crippen molar-refractivity contribution < 1.29 is 44.7 Å². The van der Waals surface area contributed by atoms with E-state index in [4.69, 9.17) is 10.2 Å². The fourth-order valence-corrected chi connectivity index (χ4v) is 0.191. The van der Waals surface area contributed by atoms with Crippen molar-refractivity contribution in [2.24, 2.45) is 0 Å². The summed E-state index contributed by atoms with van der Waals surface area (Å²) < 4.78 is 0.